The maximum atomic E-state index is 12.5. The van der Waals surface area contributed by atoms with Crippen molar-refractivity contribution in [3.63, 3.8) is 0 Å². The first kappa shape index (κ1) is 19.9. The third-order valence-electron chi connectivity index (χ3n) is 3.99. The molecule has 0 aliphatic heterocycles. The van der Waals surface area contributed by atoms with Gasteiger partial charge in [0.15, 0.2) is 0 Å². The Morgan fingerprint density at radius 1 is 0.852 bits per heavy atom. The van der Waals surface area contributed by atoms with Crippen LogP contribution >= 0.6 is 0 Å². The number of hydrogen-bond acceptors (Lipinski definition) is 4. The smallest absolute Gasteiger partial charge is 0.250 e. The fourth-order valence-corrected chi connectivity index (χ4v) is 2.50. The van der Waals surface area contributed by atoms with Gasteiger partial charge in [-0.1, -0.05) is 43.3 Å². The molecule has 2 amide bonds. The molecule has 0 spiro atoms. The van der Waals surface area contributed by atoms with Gasteiger partial charge in [0.25, 0.3) is 5.91 Å². The number of hydrogen-bond donors (Lipinski definition) is 2. The normalized spacial score (nSPS) is 12.5. The molecule has 2 N–H and O–H groups in total. The van der Waals surface area contributed by atoms with Gasteiger partial charge in [-0.15, -0.1) is 5.76 Å². The van der Waals surface area contributed by atoms with Crippen LogP contribution in [0, 0.1) is 5.92 Å². The van der Waals surface area contributed by atoms with Crippen LogP contribution in [0.2, 0.25) is 0 Å². The third-order valence-corrected chi connectivity index (χ3v) is 3.99. The number of anilines is 2. The molecule has 0 saturated heterocycles. The van der Waals surface area contributed by atoms with Crippen molar-refractivity contribution in [1.82, 2.24) is 0 Å². The molecule has 0 radical (unpaired) electrons. The van der Waals surface area contributed by atoms with Gasteiger partial charge in [-0.25, -0.2) is 0 Å². The molecular formula is C21H21N2O4-. The number of rotatable bonds is 7. The van der Waals surface area contributed by atoms with Gasteiger partial charge in [0, 0.05) is 16.9 Å². The van der Waals surface area contributed by atoms with Crippen LogP contribution in [-0.2, 0) is 14.4 Å². The summed E-state index contributed by atoms with van der Waals surface area (Å²) in [6, 6.07) is 17.3. The first-order valence-corrected chi connectivity index (χ1v) is 8.48. The minimum Gasteiger partial charge on any atom is -0.875 e. The van der Waals surface area contributed by atoms with Gasteiger partial charge < -0.3 is 15.7 Å². The molecule has 2 aromatic rings. The van der Waals surface area contributed by atoms with Gasteiger partial charge in [0.2, 0.25) is 5.91 Å². The SMILES string of the molecule is CC(=O)C(C/C(C(=O)Nc1ccccc1)=C(\C)[O-])C(=O)Nc1ccccc1. The summed E-state index contributed by atoms with van der Waals surface area (Å²) in [6.45, 7) is 2.51. The number of allylic oxidation sites excluding steroid dienone is 1. The van der Waals surface area contributed by atoms with Crippen LogP contribution in [0.15, 0.2) is 72.0 Å². The zero-order valence-electron chi connectivity index (χ0n) is 15.2. The Bertz CT molecular complexity index is 841. The van der Waals surface area contributed by atoms with E-state index in [-0.39, 0.29) is 12.0 Å². The summed E-state index contributed by atoms with van der Waals surface area (Å²) in [5.41, 5.74) is 0.934. The predicted octanol–water partition coefficient (Wildman–Crippen LogP) is 2.49. The standard InChI is InChI=1S/C21H22N2O4/c1-14(24)18(20(26)22-16-9-5-3-6-10-16)13-19(15(2)25)21(27)23-17-11-7-4-8-12-17/h3-12,18,25H,13H2,1-2H3,(H,22,26)(H,23,27)/p-1/b19-15-. The van der Waals surface area contributed by atoms with Crippen molar-refractivity contribution >= 4 is 29.0 Å². The van der Waals surface area contributed by atoms with Crippen molar-refractivity contribution in [3.8, 4) is 0 Å². The molecule has 6 nitrogen and oxygen atoms in total. The largest absolute Gasteiger partial charge is 0.875 e. The summed E-state index contributed by atoms with van der Waals surface area (Å²) in [6.07, 6.45) is -0.262. The van der Waals surface area contributed by atoms with Crippen molar-refractivity contribution in [2.45, 2.75) is 20.3 Å². The number of para-hydroxylation sites is 2. The van der Waals surface area contributed by atoms with E-state index in [1.54, 1.807) is 60.7 Å². The quantitative estimate of drug-likeness (QED) is 0.447. The van der Waals surface area contributed by atoms with Gasteiger partial charge in [-0.2, -0.15) is 0 Å². The van der Waals surface area contributed by atoms with Crippen LogP contribution in [0.25, 0.3) is 0 Å². The maximum absolute atomic E-state index is 12.5. The van der Waals surface area contributed by atoms with Crippen molar-refractivity contribution in [1.29, 1.82) is 0 Å². The number of carbonyl (C=O) groups excluding carboxylic acids is 3. The van der Waals surface area contributed by atoms with E-state index >= 15 is 0 Å². The van der Waals surface area contributed by atoms with Crippen LogP contribution in [0.3, 0.4) is 0 Å². The summed E-state index contributed by atoms with van der Waals surface area (Å²) in [5.74, 6) is -3.21. The third kappa shape index (κ3) is 5.81. The van der Waals surface area contributed by atoms with E-state index in [2.05, 4.69) is 10.6 Å². The van der Waals surface area contributed by atoms with E-state index in [4.69, 9.17) is 0 Å². The van der Waals surface area contributed by atoms with Crippen molar-refractivity contribution < 1.29 is 19.5 Å². The molecule has 0 aliphatic rings. The van der Waals surface area contributed by atoms with Crippen LogP contribution < -0.4 is 15.7 Å². The molecule has 2 aromatic carbocycles. The van der Waals surface area contributed by atoms with Crippen molar-refractivity contribution in [3.05, 3.63) is 72.0 Å². The molecule has 6 heteroatoms. The minimum atomic E-state index is -1.13. The minimum absolute atomic E-state index is 0.123. The summed E-state index contributed by atoms with van der Waals surface area (Å²) < 4.78 is 0. The number of ketones is 1. The van der Waals surface area contributed by atoms with E-state index in [9.17, 15) is 19.5 Å². The Balaban J connectivity index is 2.16. The molecule has 0 aliphatic carbocycles. The number of amides is 2. The first-order chi connectivity index (χ1) is 12.9. The van der Waals surface area contributed by atoms with E-state index < -0.39 is 29.3 Å². The molecule has 0 saturated carbocycles. The zero-order valence-corrected chi connectivity index (χ0v) is 15.2. The number of nitrogens with one attached hydrogen (secondary N) is 2. The highest BCUT2D eigenvalue weighted by atomic mass is 16.3. The van der Waals surface area contributed by atoms with Crippen LogP contribution in [0.4, 0.5) is 11.4 Å². The lowest BCUT2D eigenvalue weighted by Crippen LogP contribution is -2.31. The Labute approximate surface area is 157 Å². The van der Waals surface area contributed by atoms with Crippen LogP contribution in [0.1, 0.15) is 20.3 Å². The predicted molar refractivity (Wildman–Crippen MR) is 102 cm³/mol. The fourth-order valence-electron chi connectivity index (χ4n) is 2.50. The fraction of sp³-hybridized carbons (Fsp3) is 0.190. The second kappa shape index (κ2) is 9.33. The zero-order chi connectivity index (χ0) is 19.8. The van der Waals surface area contributed by atoms with Gasteiger partial charge in [-0.3, -0.25) is 14.4 Å². The molecule has 27 heavy (non-hydrogen) atoms. The van der Waals surface area contributed by atoms with Crippen molar-refractivity contribution in [2.24, 2.45) is 5.92 Å². The molecule has 1 atom stereocenters. The molecule has 2 rings (SSSR count). The molecular weight excluding hydrogens is 344 g/mol. The van der Waals surface area contributed by atoms with E-state index in [1.807, 2.05) is 0 Å². The van der Waals surface area contributed by atoms with Crippen LogP contribution in [0.5, 0.6) is 0 Å². The van der Waals surface area contributed by atoms with Gasteiger partial charge in [0.05, 0.1) is 0 Å². The maximum Gasteiger partial charge on any atom is 0.250 e. The van der Waals surface area contributed by atoms with Crippen molar-refractivity contribution in [2.75, 3.05) is 10.6 Å². The molecule has 140 valence electrons. The Morgan fingerprint density at radius 3 is 1.78 bits per heavy atom. The molecule has 1 unspecified atom stereocenters. The average Bonchev–Trinajstić information content (AvgIpc) is 2.63. The van der Waals surface area contributed by atoms with E-state index in [1.165, 1.54) is 13.8 Å². The number of carbonyl (C=O) groups is 3. The molecule has 0 heterocycles. The lowest BCUT2D eigenvalue weighted by Gasteiger charge is -2.20. The lowest BCUT2D eigenvalue weighted by molar-refractivity contribution is -0.303. The first-order valence-electron chi connectivity index (χ1n) is 8.48. The van der Waals surface area contributed by atoms with Crippen LogP contribution in [-0.4, -0.2) is 17.6 Å². The second-order valence-corrected chi connectivity index (χ2v) is 6.08. The Kier molecular flexibility index (Phi) is 6.88. The summed E-state index contributed by atoms with van der Waals surface area (Å²) >= 11 is 0. The lowest BCUT2D eigenvalue weighted by atomic mass is 9.93. The molecule has 0 bridgehead atoms. The van der Waals surface area contributed by atoms with Gasteiger partial charge in [-0.05, 0) is 37.6 Å². The summed E-state index contributed by atoms with van der Waals surface area (Å²) in [7, 11) is 0. The van der Waals surface area contributed by atoms with Gasteiger partial charge >= 0.3 is 0 Å². The second-order valence-electron chi connectivity index (χ2n) is 6.08. The Hall–Kier alpha value is -3.41. The summed E-state index contributed by atoms with van der Waals surface area (Å²) in [4.78, 5) is 37.0. The van der Waals surface area contributed by atoms with Gasteiger partial charge in [0.1, 0.15) is 11.7 Å². The monoisotopic (exact) mass is 365 g/mol. The summed E-state index contributed by atoms with van der Waals surface area (Å²) in [5, 5.41) is 17.2. The molecule has 0 fully saturated rings. The topological polar surface area (TPSA) is 98.3 Å². The van der Waals surface area contributed by atoms with E-state index in [0.29, 0.717) is 11.4 Å². The number of benzene rings is 2. The highest BCUT2D eigenvalue weighted by Crippen LogP contribution is 2.19. The van der Waals surface area contributed by atoms with E-state index in [0.717, 1.165) is 0 Å². The highest BCUT2D eigenvalue weighted by Gasteiger charge is 2.27. The Morgan fingerprint density at radius 2 is 1.33 bits per heavy atom. The highest BCUT2D eigenvalue weighted by molar-refractivity contribution is 6.09. The number of Topliss-reactive ketones (excluding diaryl/α,β-unsaturated/α-hetero) is 1. The average molecular weight is 365 g/mol. The molecule has 0 aromatic heterocycles.